The number of halogens is 1. The molecule has 0 saturated heterocycles. The molecule has 4 rings (SSSR count). The van der Waals surface area contributed by atoms with Gasteiger partial charge in [0.1, 0.15) is 17.1 Å². The van der Waals surface area contributed by atoms with Crippen LogP contribution in [-0.4, -0.2) is 27.8 Å². The van der Waals surface area contributed by atoms with E-state index in [0.717, 1.165) is 0 Å². The predicted molar refractivity (Wildman–Crippen MR) is 118 cm³/mol. The number of allylic oxidation sites excluding steroid dienone is 1. The summed E-state index contributed by atoms with van der Waals surface area (Å²) in [4.78, 5) is 17.0. The number of methoxy groups -OCH3 is 1. The molecule has 3 aromatic rings. The van der Waals surface area contributed by atoms with Crippen molar-refractivity contribution in [3.05, 3.63) is 59.8 Å². The van der Waals surface area contributed by atoms with Gasteiger partial charge in [-0.1, -0.05) is 6.07 Å². The van der Waals surface area contributed by atoms with Gasteiger partial charge in [0.25, 0.3) is 5.91 Å². The van der Waals surface area contributed by atoms with Crippen LogP contribution < -0.4 is 15.4 Å². The second kappa shape index (κ2) is 7.81. The van der Waals surface area contributed by atoms with E-state index >= 15 is 0 Å². The Hall–Kier alpha value is -4.19. The second-order valence-corrected chi connectivity index (χ2v) is 7.83. The number of ether oxygens (including phenoxy) is 1. The van der Waals surface area contributed by atoms with Gasteiger partial charge in [0.2, 0.25) is 0 Å². The molecule has 1 amide bonds. The number of carbonyl (C=O) groups is 1. The average Bonchev–Trinajstić information content (AvgIpc) is 3.36. The van der Waals surface area contributed by atoms with Gasteiger partial charge in [-0.25, -0.2) is 4.39 Å². The normalized spacial score (nSPS) is 14.4. The number of hydrogen-bond acceptors (Lipinski definition) is 6. The topological polar surface area (TPSA) is 105 Å². The summed E-state index contributed by atoms with van der Waals surface area (Å²) in [7, 11) is 1.46. The molecule has 9 heteroatoms. The highest BCUT2D eigenvalue weighted by Gasteiger charge is 2.29. The summed E-state index contributed by atoms with van der Waals surface area (Å²) in [6.45, 7) is 5.25. The first kappa shape index (κ1) is 21.1. The minimum absolute atomic E-state index is 0.222. The molecule has 1 aliphatic rings. The van der Waals surface area contributed by atoms with Gasteiger partial charge in [-0.15, -0.1) is 0 Å². The molecule has 1 aromatic carbocycles. The molecular formula is C23H21FN6O2. The lowest BCUT2D eigenvalue weighted by Gasteiger charge is -2.15. The molecule has 2 aromatic heterocycles. The number of amides is 1. The number of nitriles is 1. The molecule has 32 heavy (non-hydrogen) atoms. The Labute approximate surface area is 184 Å². The van der Waals surface area contributed by atoms with Crippen molar-refractivity contribution in [3.8, 4) is 23.1 Å². The molecule has 162 valence electrons. The Morgan fingerprint density at radius 3 is 2.84 bits per heavy atom. The molecule has 0 atom stereocenters. The van der Waals surface area contributed by atoms with E-state index < -0.39 is 11.4 Å². The van der Waals surface area contributed by atoms with Gasteiger partial charge in [-0.2, -0.15) is 10.4 Å². The van der Waals surface area contributed by atoms with Crippen molar-refractivity contribution in [2.75, 3.05) is 17.7 Å². The number of nitrogens with zero attached hydrogens (tertiary/aromatic N) is 4. The molecule has 3 heterocycles. The lowest BCUT2D eigenvalue weighted by atomic mass is 10.0. The zero-order valence-electron chi connectivity index (χ0n) is 18.0. The maximum Gasteiger partial charge on any atom is 0.258 e. The Kier molecular flexibility index (Phi) is 5.14. The van der Waals surface area contributed by atoms with Gasteiger partial charge in [-0.05, 0) is 39.0 Å². The summed E-state index contributed by atoms with van der Waals surface area (Å²) in [5, 5.41) is 19.6. The molecule has 1 aliphatic heterocycles. The average molecular weight is 432 g/mol. The first-order valence-corrected chi connectivity index (χ1v) is 9.85. The van der Waals surface area contributed by atoms with Crippen molar-refractivity contribution in [1.29, 1.82) is 5.26 Å². The van der Waals surface area contributed by atoms with E-state index in [1.807, 2.05) is 0 Å². The maximum atomic E-state index is 14.6. The van der Waals surface area contributed by atoms with Crippen LogP contribution in [0.2, 0.25) is 0 Å². The first-order chi connectivity index (χ1) is 15.2. The van der Waals surface area contributed by atoms with Crippen LogP contribution in [0.1, 0.15) is 26.3 Å². The third-order valence-corrected chi connectivity index (χ3v) is 5.23. The highest BCUT2D eigenvalue weighted by Crippen LogP contribution is 2.38. The summed E-state index contributed by atoms with van der Waals surface area (Å²) in [5.41, 5.74) is 1.83. The van der Waals surface area contributed by atoms with E-state index in [4.69, 9.17) is 4.74 Å². The Morgan fingerprint density at radius 2 is 2.12 bits per heavy atom. The maximum absolute atomic E-state index is 14.6. The van der Waals surface area contributed by atoms with Crippen molar-refractivity contribution in [1.82, 2.24) is 14.8 Å². The fourth-order valence-electron chi connectivity index (χ4n) is 3.51. The molecule has 8 nitrogen and oxygen atoms in total. The monoisotopic (exact) mass is 432 g/mol. The zero-order valence-corrected chi connectivity index (χ0v) is 18.0. The molecule has 0 saturated carbocycles. The number of hydrogen-bond donors (Lipinski definition) is 2. The highest BCUT2D eigenvalue weighted by molar-refractivity contribution is 6.32. The number of rotatable bonds is 5. The number of pyridine rings is 1. The number of aromatic nitrogens is 3. The van der Waals surface area contributed by atoms with Gasteiger partial charge in [0.05, 0.1) is 41.9 Å². The fraction of sp³-hybridized carbons (Fsp3) is 0.217. The van der Waals surface area contributed by atoms with Crippen molar-refractivity contribution >= 4 is 23.0 Å². The molecule has 0 bridgehead atoms. The number of fused-ring (bicyclic) bond motifs is 1. The molecule has 0 radical (unpaired) electrons. The van der Waals surface area contributed by atoms with Crippen LogP contribution in [0.5, 0.6) is 5.75 Å². The van der Waals surface area contributed by atoms with Crippen LogP contribution in [-0.2, 0) is 10.3 Å². The quantitative estimate of drug-likeness (QED) is 0.587. The van der Waals surface area contributed by atoms with Crippen molar-refractivity contribution in [2.24, 2.45) is 0 Å². The Morgan fingerprint density at radius 1 is 1.34 bits per heavy atom. The smallest absolute Gasteiger partial charge is 0.258 e. The summed E-state index contributed by atoms with van der Waals surface area (Å²) in [6, 6.07) is 10.1. The van der Waals surface area contributed by atoms with Crippen molar-refractivity contribution < 1.29 is 13.9 Å². The van der Waals surface area contributed by atoms with Crippen LogP contribution in [0.15, 0.2) is 48.4 Å². The highest BCUT2D eigenvalue weighted by atomic mass is 19.1. The van der Waals surface area contributed by atoms with E-state index in [1.54, 1.807) is 55.9 Å². The van der Waals surface area contributed by atoms with Crippen LogP contribution in [0.25, 0.3) is 16.8 Å². The molecule has 0 spiro atoms. The molecular weight excluding hydrogens is 411 g/mol. The largest absolute Gasteiger partial charge is 0.496 e. The van der Waals surface area contributed by atoms with E-state index in [-0.39, 0.29) is 11.5 Å². The number of anilines is 2. The summed E-state index contributed by atoms with van der Waals surface area (Å²) in [5.74, 6) is 0.0618. The summed E-state index contributed by atoms with van der Waals surface area (Å²) in [6.07, 6.45) is 3.19. The second-order valence-electron chi connectivity index (χ2n) is 7.83. The molecule has 0 unspecified atom stereocenters. The molecule has 0 fully saturated rings. The van der Waals surface area contributed by atoms with E-state index in [9.17, 15) is 14.4 Å². The number of carbonyl (C=O) groups excluding carboxylic acids is 1. The lowest BCUT2D eigenvalue weighted by molar-refractivity contribution is -0.110. The van der Waals surface area contributed by atoms with Crippen LogP contribution in [0.4, 0.5) is 15.9 Å². The SMILES string of the molecule is COc1cccc(F)c1-c1cc2c(cn1)NC(=O)/C2=C(/C)Nc1ccn(C(C)(C)C#N)n1. The van der Waals surface area contributed by atoms with Crippen LogP contribution in [0, 0.1) is 17.1 Å². The van der Waals surface area contributed by atoms with E-state index in [1.165, 1.54) is 19.4 Å². The Bertz CT molecular complexity index is 1300. The third-order valence-electron chi connectivity index (χ3n) is 5.23. The van der Waals surface area contributed by atoms with Crippen LogP contribution in [0.3, 0.4) is 0 Å². The summed E-state index contributed by atoms with van der Waals surface area (Å²) >= 11 is 0. The molecule has 2 N–H and O–H groups in total. The van der Waals surface area contributed by atoms with Gasteiger partial charge in [0, 0.05) is 23.5 Å². The standard InChI is InChI=1S/C23H21FN6O2/c1-13(27-19-8-9-30(29-19)23(2,3)12-25)20-14-10-16(26-11-17(14)28-22(20)31)21-15(24)6-5-7-18(21)32-4/h5-11H,1-4H3,(H,27,29)(H,28,31)/b20-13-. The van der Waals surface area contributed by atoms with Gasteiger partial charge < -0.3 is 15.4 Å². The first-order valence-electron chi connectivity index (χ1n) is 9.85. The Balaban J connectivity index is 1.74. The third kappa shape index (κ3) is 3.56. The van der Waals surface area contributed by atoms with Crippen molar-refractivity contribution in [3.63, 3.8) is 0 Å². The fourth-order valence-corrected chi connectivity index (χ4v) is 3.51. The van der Waals surface area contributed by atoms with Gasteiger partial charge in [0.15, 0.2) is 5.82 Å². The number of nitrogens with one attached hydrogen (secondary N) is 2. The van der Waals surface area contributed by atoms with Gasteiger partial charge in [-0.3, -0.25) is 14.5 Å². The van der Waals surface area contributed by atoms with E-state index in [0.29, 0.717) is 39.8 Å². The predicted octanol–water partition coefficient (Wildman–Crippen LogP) is 4.15. The summed E-state index contributed by atoms with van der Waals surface area (Å²) < 4.78 is 21.4. The lowest BCUT2D eigenvalue weighted by Crippen LogP contribution is -2.24. The van der Waals surface area contributed by atoms with Gasteiger partial charge >= 0.3 is 0 Å². The van der Waals surface area contributed by atoms with Crippen LogP contribution >= 0.6 is 0 Å². The minimum atomic E-state index is -0.808. The zero-order chi connectivity index (χ0) is 23.0. The number of benzene rings is 1. The molecule has 0 aliphatic carbocycles. The van der Waals surface area contributed by atoms with E-state index in [2.05, 4.69) is 26.8 Å². The van der Waals surface area contributed by atoms with Crippen molar-refractivity contribution in [2.45, 2.75) is 26.3 Å². The minimum Gasteiger partial charge on any atom is -0.496 e.